The Bertz CT molecular complexity index is 543. The first-order valence-electron chi connectivity index (χ1n) is 7.25. The zero-order valence-corrected chi connectivity index (χ0v) is 14.0. The molecule has 0 aliphatic carbocycles. The summed E-state index contributed by atoms with van der Waals surface area (Å²) >= 11 is 0. The summed E-state index contributed by atoms with van der Waals surface area (Å²) in [5, 5.41) is 6.84. The number of carbonyl (C=O) groups is 2. The van der Waals surface area contributed by atoms with Gasteiger partial charge in [0.15, 0.2) is 0 Å². The van der Waals surface area contributed by atoms with Crippen molar-refractivity contribution in [2.75, 3.05) is 11.4 Å². The van der Waals surface area contributed by atoms with Crippen LogP contribution in [0.3, 0.4) is 0 Å². The van der Waals surface area contributed by atoms with E-state index in [-0.39, 0.29) is 24.2 Å². The largest absolute Gasteiger partial charge is 0.343 e. The van der Waals surface area contributed by atoms with Crippen molar-refractivity contribution in [1.82, 2.24) is 15.1 Å². The number of nitrogens with two attached hydrogens (primary N) is 1. The summed E-state index contributed by atoms with van der Waals surface area (Å²) in [7, 11) is 1.80. The van der Waals surface area contributed by atoms with Crippen LogP contribution in [0.2, 0.25) is 0 Å². The molecule has 2 unspecified atom stereocenters. The molecule has 1 fully saturated rings. The van der Waals surface area contributed by atoms with E-state index in [1.54, 1.807) is 35.9 Å². The zero-order valence-electron chi connectivity index (χ0n) is 13.2. The molecule has 1 aromatic rings. The van der Waals surface area contributed by atoms with Gasteiger partial charge in [0.05, 0.1) is 17.4 Å². The lowest BCUT2D eigenvalue weighted by molar-refractivity contribution is -0.130. The zero-order chi connectivity index (χ0) is 15.6. The minimum atomic E-state index is -0.934. The maximum Gasteiger partial charge on any atom is 0.249 e. The number of hydrogen-bond acceptors (Lipinski definition) is 4. The number of anilines is 1. The molecule has 1 aliphatic rings. The lowest BCUT2D eigenvalue weighted by atomic mass is 9.96. The molecule has 0 bridgehead atoms. The Morgan fingerprint density at radius 1 is 1.59 bits per heavy atom. The number of nitrogens with zero attached hydrogens (tertiary/aromatic N) is 3. The summed E-state index contributed by atoms with van der Waals surface area (Å²) in [6, 6.07) is -0.502. The molecule has 1 saturated heterocycles. The molecule has 2 amide bonds. The summed E-state index contributed by atoms with van der Waals surface area (Å²) in [6.45, 7) is 4.25. The maximum absolute atomic E-state index is 12.4. The van der Waals surface area contributed by atoms with Crippen LogP contribution in [0.1, 0.15) is 33.1 Å². The summed E-state index contributed by atoms with van der Waals surface area (Å²) in [5.74, 6) is -0.376. The fraction of sp³-hybridized carbons (Fsp3) is 0.643. The van der Waals surface area contributed by atoms with Gasteiger partial charge in [-0.15, -0.1) is 12.4 Å². The van der Waals surface area contributed by atoms with Gasteiger partial charge in [-0.1, -0.05) is 13.3 Å². The lowest BCUT2D eigenvalue weighted by Gasteiger charge is -2.24. The van der Waals surface area contributed by atoms with Crippen molar-refractivity contribution in [2.45, 2.75) is 44.7 Å². The topological polar surface area (TPSA) is 93.2 Å². The fourth-order valence-electron chi connectivity index (χ4n) is 2.57. The van der Waals surface area contributed by atoms with Gasteiger partial charge in [-0.3, -0.25) is 14.3 Å². The number of nitrogens with one attached hydrogen (secondary N) is 1. The Kier molecular flexibility index (Phi) is 5.96. The van der Waals surface area contributed by atoms with E-state index in [0.29, 0.717) is 19.4 Å². The van der Waals surface area contributed by atoms with E-state index in [2.05, 4.69) is 10.4 Å². The van der Waals surface area contributed by atoms with Gasteiger partial charge in [-0.25, -0.2) is 0 Å². The molecule has 1 aliphatic heterocycles. The van der Waals surface area contributed by atoms with Crippen molar-refractivity contribution in [1.29, 1.82) is 0 Å². The number of aryl methyl sites for hydroxylation is 1. The van der Waals surface area contributed by atoms with Gasteiger partial charge >= 0.3 is 0 Å². The first-order valence-corrected chi connectivity index (χ1v) is 7.25. The molecule has 124 valence electrons. The first kappa shape index (κ1) is 18.4. The van der Waals surface area contributed by atoms with Crippen molar-refractivity contribution < 1.29 is 9.59 Å². The highest BCUT2D eigenvalue weighted by Gasteiger charge is 2.37. The third-order valence-electron chi connectivity index (χ3n) is 3.80. The molecule has 2 rings (SSSR count). The van der Waals surface area contributed by atoms with E-state index >= 15 is 0 Å². The third kappa shape index (κ3) is 3.78. The van der Waals surface area contributed by atoms with Crippen LogP contribution in [-0.2, 0) is 16.6 Å². The molecule has 7 nitrogen and oxygen atoms in total. The van der Waals surface area contributed by atoms with Crippen LogP contribution in [0.15, 0.2) is 12.4 Å². The van der Waals surface area contributed by atoms with E-state index in [4.69, 9.17) is 5.73 Å². The molecular weight excluding hydrogens is 306 g/mol. The summed E-state index contributed by atoms with van der Waals surface area (Å²) in [5.41, 5.74) is 5.81. The van der Waals surface area contributed by atoms with Gasteiger partial charge in [0.1, 0.15) is 6.04 Å². The first-order chi connectivity index (χ1) is 9.85. The average molecular weight is 330 g/mol. The van der Waals surface area contributed by atoms with E-state index in [1.165, 1.54) is 0 Å². The van der Waals surface area contributed by atoms with Crippen LogP contribution >= 0.6 is 12.4 Å². The molecule has 2 heterocycles. The van der Waals surface area contributed by atoms with Gasteiger partial charge in [0.25, 0.3) is 0 Å². The number of rotatable bonds is 5. The van der Waals surface area contributed by atoms with Gasteiger partial charge in [-0.2, -0.15) is 5.10 Å². The average Bonchev–Trinajstić information content (AvgIpc) is 2.97. The van der Waals surface area contributed by atoms with Crippen molar-refractivity contribution in [3.63, 3.8) is 0 Å². The Balaban J connectivity index is 0.00000242. The number of aromatic nitrogens is 2. The predicted molar refractivity (Wildman–Crippen MR) is 86.9 cm³/mol. The summed E-state index contributed by atoms with van der Waals surface area (Å²) in [4.78, 5) is 26.2. The van der Waals surface area contributed by atoms with Crippen molar-refractivity contribution in [2.24, 2.45) is 12.8 Å². The maximum atomic E-state index is 12.4. The molecule has 2 atom stereocenters. The second-order valence-electron chi connectivity index (χ2n) is 5.84. The van der Waals surface area contributed by atoms with Crippen LogP contribution in [0, 0.1) is 0 Å². The Hall–Kier alpha value is -1.60. The van der Waals surface area contributed by atoms with Gasteiger partial charge < -0.3 is 16.0 Å². The SMILES string of the molecule is CCCC(C)(N)C(=O)NC1CCN(c2cnn(C)c2)C1=O.Cl. The van der Waals surface area contributed by atoms with E-state index in [1.807, 2.05) is 6.92 Å². The molecule has 0 saturated carbocycles. The van der Waals surface area contributed by atoms with Gasteiger partial charge in [0.2, 0.25) is 11.8 Å². The minimum Gasteiger partial charge on any atom is -0.343 e. The van der Waals surface area contributed by atoms with E-state index in [9.17, 15) is 9.59 Å². The highest BCUT2D eigenvalue weighted by Crippen LogP contribution is 2.21. The van der Waals surface area contributed by atoms with Crippen LogP contribution < -0.4 is 16.0 Å². The van der Waals surface area contributed by atoms with Crippen LogP contribution in [0.25, 0.3) is 0 Å². The molecule has 1 aromatic heterocycles. The van der Waals surface area contributed by atoms with Crippen LogP contribution in [0.4, 0.5) is 5.69 Å². The molecule has 3 N–H and O–H groups in total. The predicted octanol–water partition coefficient (Wildman–Crippen LogP) is 0.581. The second-order valence-corrected chi connectivity index (χ2v) is 5.84. The normalized spacial score (nSPS) is 20.5. The molecule has 0 spiro atoms. The molecular formula is C14H24ClN5O2. The van der Waals surface area contributed by atoms with E-state index < -0.39 is 11.6 Å². The van der Waals surface area contributed by atoms with Crippen LogP contribution in [0.5, 0.6) is 0 Å². The summed E-state index contributed by atoms with van der Waals surface area (Å²) in [6.07, 6.45) is 5.42. The van der Waals surface area contributed by atoms with Crippen molar-refractivity contribution in [3.8, 4) is 0 Å². The summed E-state index contributed by atoms with van der Waals surface area (Å²) < 4.78 is 1.65. The smallest absolute Gasteiger partial charge is 0.249 e. The lowest BCUT2D eigenvalue weighted by Crippen LogP contribution is -2.55. The van der Waals surface area contributed by atoms with Crippen LogP contribution in [-0.4, -0.2) is 39.7 Å². The third-order valence-corrected chi connectivity index (χ3v) is 3.80. The fourth-order valence-corrected chi connectivity index (χ4v) is 2.57. The highest BCUT2D eigenvalue weighted by atomic mass is 35.5. The standard InChI is InChI=1S/C14H23N5O2.ClH/c1-4-6-14(2,15)13(21)17-11-5-7-19(12(11)20)10-8-16-18(3)9-10;/h8-9,11H,4-7,15H2,1-3H3,(H,17,21);1H. The monoisotopic (exact) mass is 329 g/mol. The van der Waals surface area contributed by atoms with Gasteiger partial charge in [-0.05, 0) is 19.8 Å². The Labute approximate surface area is 136 Å². The Morgan fingerprint density at radius 2 is 2.27 bits per heavy atom. The second kappa shape index (κ2) is 7.11. The molecule has 8 heteroatoms. The highest BCUT2D eigenvalue weighted by molar-refractivity contribution is 6.02. The number of carbonyl (C=O) groups excluding carboxylic acids is 2. The quantitative estimate of drug-likeness (QED) is 0.826. The molecule has 0 aromatic carbocycles. The number of hydrogen-bond donors (Lipinski definition) is 2. The number of halogens is 1. The Morgan fingerprint density at radius 3 is 2.82 bits per heavy atom. The van der Waals surface area contributed by atoms with Crippen molar-refractivity contribution >= 4 is 29.9 Å². The number of amides is 2. The minimum absolute atomic E-state index is 0. The molecule has 22 heavy (non-hydrogen) atoms. The van der Waals surface area contributed by atoms with E-state index in [0.717, 1.165) is 12.1 Å². The molecule has 0 radical (unpaired) electrons. The van der Waals surface area contributed by atoms with Gasteiger partial charge in [0, 0.05) is 19.8 Å². The van der Waals surface area contributed by atoms with Crippen molar-refractivity contribution in [3.05, 3.63) is 12.4 Å².